The topological polar surface area (TPSA) is 30.7 Å². The molecule has 0 amide bonds. The molecule has 0 spiro atoms. The minimum absolute atomic E-state index is 0.0958. The largest absolute Gasteiger partial charge is 0.276 e. The fraction of sp³-hybridized carbons (Fsp3) is 0.0732. The van der Waals surface area contributed by atoms with Gasteiger partial charge in [0.1, 0.15) is 0 Å². The van der Waals surface area contributed by atoms with Crippen molar-refractivity contribution in [2.75, 3.05) is 0 Å². The second kappa shape index (κ2) is 8.87. The van der Waals surface area contributed by atoms with Crippen LogP contribution in [0.5, 0.6) is 0 Å². The quantitative estimate of drug-likeness (QED) is 0.200. The highest BCUT2D eigenvalue weighted by Crippen LogP contribution is 2.58. The first-order chi connectivity index (χ1) is 22.1. The second-order valence-electron chi connectivity index (χ2n) is 12.6. The number of fused-ring (bicyclic) bond motifs is 12. The molecule has 45 heavy (non-hydrogen) atoms. The highest BCUT2D eigenvalue weighted by Gasteiger charge is 2.40. The summed E-state index contributed by atoms with van der Waals surface area (Å²) in [4.78, 5) is 12.0. The lowest BCUT2D eigenvalue weighted by atomic mass is 9.86. The Morgan fingerprint density at radius 1 is 0.578 bits per heavy atom. The molecule has 3 nitrogen and oxygen atoms in total. The van der Waals surface area contributed by atoms with Gasteiger partial charge in [0, 0.05) is 43.0 Å². The van der Waals surface area contributed by atoms with E-state index in [1.54, 1.807) is 0 Å². The Morgan fingerprint density at radius 2 is 1.29 bits per heavy atom. The van der Waals surface area contributed by atoms with Crippen LogP contribution in [0.15, 0.2) is 127 Å². The highest BCUT2D eigenvalue weighted by molar-refractivity contribution is 7.21. The van der Waals surface area contributed by atoms with Crippen molar-refractivity contribution < 1.29 is 0 Å². The Bertz CT molecular complexity index is 2680. The molecular formula is C41H27N3S. The minimum Gasteiger partial charge on any atom is -0.276 e. The second-order valence-corrected chi connectivity index (χ2v) is 13.6. The first-order valence-electron chi connectivity index (χ1n) is 15.4. The molecular weight excluding hydrogens is 567 g/mol. The van der Waals surface area contributed by atoms with Gasteiger partial charge in [0.15, 0.2) is 0 Å². The molecule has 0 N–H and O–H groups in total. The van der Waals surface area contributed by atoms with Crippen LogP contribution in [0.2, 0.25) is 0 Å². The van der Waals surface area contributed by atoms with E-state index in [4.69, 9.17) is 9.97 Å². The SMILES string of the molecule is CC1(C)c2ccc3ccccc3c2-c2c1sc1c2ccc2c3ccccc3n(-c3nc(-c4ccccc4)c4ccccc4n3)c21. The first-order valence-corrected chi connectivity index (χ1v) is 16.3. The van der Waals surface area contributed by atoms with Crippen molar-refractivity contribution >= 4 is 64.9 Å². The molecule has 4 heteroatoms. The molecule has 1 aliphatic carbocycles. The van der Waals surface area contributed by atoms with Crippen LogP contribution < -0.4 is 0 Å². The maximum atomic E-state index is 5.35. The third kappa shape index (κ3) is 3.29. The number of thiophene rings is 1. The molecule has 0 unspecified atom stereocenters. The van der Waals surface area contributed by atoms with Crippen molar-refractivity contribution in [1.29, 1.82) is 0 Å². The summed E-state index contributed by atoms with van der Waals surface area (Å²) in [5, 5.41) is 7.41. The van der Waals surface area contributed by atoms with Gasteiger partial charge in [0.05, 0.1) is 26.9 Å². The van der Waals surface area contributed by atoms with Gasteiger partial charge in [-0.15, -0.1) is 11.3 Å². The van der Waals surface area contributed by atoms with Gasteiger partial charge >= 0.3 is 0 Å². The summed E-state index contributed by atoms with van der Waals surface area (Å²) in [6.45, 7) is 4.76. The van der Waals surface area contributed by atoms with Crippen LogP contribution in [0, 0.1) is 0 Å². The molecule has 3 heterocycles. The number of benzene rings is 6. The zero-order valence-corrected chi connectivity index (χ0v) is 25.7. The summed E-state index contributed by atoms with van der Waals surface area (Å²) in [6.07, 6.45) is 0. The molecule has 3 aromatic heterocycles. The number of hydrogen-bond donors (Lipinski definition) is 0. The van der Waals surface area contributed by atoms with Crippen molar-refractivity contribution in [1.82, 2.24) is 14.5 Å². The normalized spacial score (nSPS) is 13.7. The van der Waals surface area contributed by atoms with Gasteiger partial charge < -0.3 is 0 Å². The fourth-order valence-electron chi connectivity index (χ4n) is 7.66. The van der Waals surface area contributed by atoms with Crippen LogP contribution in [-0.2, 0) is 5.41 Å². The summed E-state index contributed by atoms with van der Waals surface area (Å²) in [6, 6.07) is 45.6. The van der Waals surface area contributed by atoms with Crippen LogP contribution in [0.1, 0.15) is 24.3 Å². The average Bonchev–Trinajstić information content (AvgIpc) is 3.71. The molecule has 0 saturated carbocycles. The van der Waals surface area contributed by atoms with Gasteiger partial charge in [-0.1, -0.05) is 129 Å². The third-order valence-electron chi connectivity index (χ3n) is 9.75. The van der Waals surface area contributed by atoms with E-state index in [0.29, 0.717) is 5.95 Å². The maximum absolute atomic E-state index is 5.35. The lowest BCUT2D eigenvalue weighted by molar-refractivity contribution is 0.675. The highest BCUT2D eigenvalue weighted by atomic mass is 32.1. The summed E-state index contributed by atoms with van der Waals surface area (Å²) < 4.78 is 3.60. The molecule has 0 fully saturated rings. The summed E-state index contributed by atoms with van der Waals surface area (Å²) in [7, 11) is 0. The molecule has 10 rings (SSSR count). The van der Waals surface area contributed by atoms with E-state index < -0.39 is 0 Å². The third-order valence-corrected chi connectivity index (χ3v) is 11.3. The Kier molecular flexibility index (Phi) is 4.94. The Balaban J connectivity index is 1.36. The lowest BCUT2D eigenvalue weighted by Gasteiger charge is -2.20. The van der Waals surface area contributed by atoms with Crippen LogP contribution in [0.3, 0.4) is 0 Å². The monoisotopic (exact) mass is 593 g/mol. The van der Waals surface area contributed by atoms with E-state index in [1.807, 2.05) is 11.3 Å². The molecule has 0 atom stereocenters. The van der Waals surface area contributed by atoms with Gasteiger partial charge in [-0.25, -0.2) is 9.97 Å². The van der Waals surface area contributed by atoms with E-state index in [9.17, 15) is 0 Å². The predicted octanol–water partition coefficient (Wildman–Crippen LogP) is 11.1. The van der Waals surface area contributed by atoms with Crippen molar-refractivity contribution in [2.24, 2.45) is 0 Å². The molecule has 0 aliphatic heterocycles. The average molecular weight is 594 g/mol. The van der Waals surface area contributed by atoms with Crippen molar-refractivity contribution in [2.45, 2.75) is 19.3 Å². The van der Waals surface area contributed by atoms with Gasteiger partial charge in [-0.05, 0) is 34.0 Å². The number of hydrogen-bond acceptors (Lipinski definition) is 3. The summed E-state index contributed by atoms with van der Waals surface area (Å²) in [5.74, 6) is 0.699. The van der Waals surface area contributed by atoms with Gasteiger partial charge in [0.25, 0.3) is 0 Å². The summed E-state index contributed by atoms with van der Waals surface area (Å²) in [5.41, 5.74) is 9.36. The smallest absolute Gasteiger partial charge is 0.235 e. The van der Waals surface area contributed by atoms with Crippen LogP contribution in [0.25, 0.3) is 81.9 Å². The van der Waals surface area contributed by atoms with E-state index in [0.717, 1.165) is 27.7 Å². The van der Waals surface area contributed by atoms with Gasteiger partial charge in [-0.2, -0.15) is 0 Å². The molecule has 0 saturated heterocycles. The standard InChI is InChI=1S/C41H27N3S/c1-41(2)31-23-20-24-12-6-7-15-26(24)34(31)35-30-22-21-28-27-16-9-11-19-33(27)44(37(28)38(30)45-39(35)41)40-42-32-18-10-8-17-29(32)36(43-40)25-13-4-3-5-14-25/h3-23H,1-2H3. The number of para-hydroxylation sites is 2. The fourth-order valence-corrected chi connectivity index (χ4v) is 9.12. The Labute approximate surface area is 264 Å². The zero-order valence-electron chi connectivity index (χ0n) is 24.9. The number of rotatable bonds is 2. The van der Waals surface area contributed by atoms with Gasteiger partial charge in [-0.3, -0.25) is 4.57 Å². The molecule has 0 radical (unpaired) electrons. The van der Waals surface area contributed by atoms with Crippen LogP contribution in [-0.4, -0.2) is 14.5 Å². The number of aromatic nitrogens is 3. The summed E-state index contributed by atoms with van der Waals surface area (Å²) >= 11 is 1.94. The number of nitrogens with zero attached hydrogens (tertiary/aromatic N) is 3. The molecule has 0 bridgehead atoms. The molecule has 212 valence electrons. The minimum atomic E-state index is -0.0958. The van der Waals surface area contributed by atoms with Crippen molar-refractivity contribution in [3.05, 3.63) is 138 Å². The van der Waals surface area contributed by atoms with E-state index in [-0.39, 0.29) is 5.41 Å². The van der Waals surface area contributed by atoms with E-state index >= 15 is 0 Å². The molecule has 1 aliphatic rings. The van der Waals surface area contributed by atoms with E-state index in [1.165, 1.54) is 58.7 Å². The van der Waals surface area contributed by atoms with Crippen LogP contribution >= 0.6 is 11.3 Å². The Hall–Kier alpha value is -5.32. The van der Waals surface area contributed by atoms with Gasteiger partial charge in [0.2, 0.25) is 5.95 Å². The molecule has 9 aromatic rings. The molecule has 6 aromatic carbocycles. The lowest BCUT2D eigenvalue weighted by Crippen LogP contribution is -2.13. The predicted molar refractivity (Wildman–Crippen MR) is 190 cm³/mol. The first kappa shape index (κ1) is 25.1. The van der Waals surface area contributed by atoms with Crippen LogP contribution in [0.4, 0.5) is 0 Å². The zero-order chi connectivity index (χ0) is 29.9. The van der Waals surface area contributed by atoms with Crippen molar-refractivity contribution in [3.8, 4) is 28.3 Å². The van der Waals surface area contributed by atoms with E-state index in [2.05, 4.69) is 146 Å². The Morgan fingerprint density at radius 3 is 2.16 bits per heavy atom. The maximum Gasteiger partial charge on any atom is 0.235 e. The van der Waals surface area contributed by atoms with Crippen molar-refractivity contribution in [3.63, 3.8) is 0 Å².